The molecule has 0 aliphatic heterocycles. The zero-order valence-electron chi connectivity index (χ0n) is 12.1. The molecule has 4 heteroatoms. The molecular weight excluding hydrogens is 262 g/mol. The summed E-state index contributed by atoms with van der Waals surface area (Å²) >= 11 is 0. The van der Waals surface area contributed by atoms with Crippen molar-refractivity contribution in [2.24, 2.45) is 0 Å². The number of hydrogen-bond acceptors (Lipinski definition) is 4. The van der Waals surface area contributed by atoms with Crippen molar-refractivity contribution in [3.63, 3.8) is 0 Å². The van der Waals surface area contributed by atoms with Crippen LogP contribution in [-0.4, -0.2) is 19.1 Å². The Morgan fingerprint density at radius 2 is 1.81 bits per heavy atom. The summed E-state index contributed by atoms with van der Waals surface area (Å²) in [6, 6.07) is 17.5. The lowest BCUT2D eigenvalue weighted by atomic mass is 10.2. The summed E-state index contributed by atoms with van der Waals surface area (Å²) in [5.74, 6) is 1.15. The van der Waals surface area contributed by atoms with Gasteiger partial charge in [0.25, 0.3) is 0 Å². The number of nitrogens with zero attached hydrogens (tertiary/aromatic N) is 2. The molecule has 0 aliphatic carbocycles. The van der Waals surface area contributed by atoms with Crippen LogP contribution in [0.25, 0.3) is 10.9 Å². The van der Waals surface area contributed by atoms with Crippen molar-refractivity contribution in [1.82, 2.24) is 4.98 Å². The fraction of sp³-hybridized carbons (Fsp3) is 0.118. The van der Waals surface area contributed by atoms with Crippen LogP contribution in [-0.2, 0) is 0 Å². The Hall–Kier alpha value is -2.75. The summed E-state index contributed by atoms with van der Waals surface area (Å²) in [7, 11) is 3.95. The molecule has 106 valence electrons. The average molecular weight is 279 g/mol. The molecule has 0 aliphatic rings. The monoisotopic (exact) mass is 279 g/mol. The van der Waals surface area contributed by atoms with E-state index in [0.717, 1.165) is 16.6 Å². The molecular formula is C17H17N3O. The maximum absolute atomic E-state index is 5.98. The second-order valence-electron chi connectivity index (χ2n) is 5.06. The first kappa shape index (κ1) is 13.2. The smallest absolute Gasteiger partial charge is 0.219 e. The molecule has 21 heavy (non-hydrogen) atoms. The van der Waals surface area contributed by atoms with Gasteiger partial charge in [-0.2, -0.15) is 0 Å². The van der Waals surface area contributed by atoms with Gasteiger partial charge in [-0.25, -0.2) is 4.98 Å². The molecule has 3 aromatic rings. The number of fused-ring (bicyclic) bond motifs is 1. The number of para-hydroxylation sites is 1. The number of hydrogen-bond donors (Lipinski definition) is 1. The van der Waals surface area contributed by atoms with Crippen molar-refractivity contribution in [3.05, 3.63) is 54.6 Å². The van der Waals surface area contributed by atoms with Gasteiger partial charge in [0.05, 0.1) is 11.2 Å². The number of rotatable bonds is 3. The fourth-order valence-electron chi connectivity index (χ4n) is 2.11. The molecule has 0 fully saturated rings. The molecule has 0 spiro atoms. The van der Waals surface area contributed by atoms with Gasteiger partial charge in [-0.1, -0.05) is 18.2 Å². The zero-order valence-corrected chi connectivity index (χ0v) is 12.1. The molecule has 3 rings (SSSR count). The van der Waals surface area contributed by atoms with Gasteiger partial charge < -0.3 is 15.4 Å². The van der Waals surface area contributed by atoms with Crippen LogP contribution in [0.2, 0.25) is 0 Å². The Morgan fingerprint density at radius 3 is 2.62 bits per heavy atom. The third-order valence-corrected chi connectivity index (χ3v) is 3.30. The van der Waals surface area contributed by atoms with E-state index >= 15 is 0 Å². The SMILES string of the molecule is CN(C)c1ccc(N)c(Oc2ccc3ccccc3n2)c1. The fourth-order valence-corrected chi connectivity index (χ4v) is 2.11. The van der Waals surface area contributed by atoms with Crippen LogP contribution in [0.1, 0.15) is 0 Å². The molecule has 2 N–H and O–H groups in total. The minimum atomic E-state index is 0.538. The zero-order chi connectivity index (χ0) is 14.8. The van der Waals surface area contributed by atoms with Gasteiger partial charge in [-0.3, -0.25) is 0 Å². The summed E-state index contributed by atoms with van der Waals surface area (Å²) in [4.78, 5) is 6.49. The van der Waals surface area contributed by atoms with E-state index in [1.807, 2.05) is 73.6 Å². The molecule has 1 aromatic heterocycles. The topological polar surface area (TPSA) is 51.4 Å². The lowest BCUT2D eigenvalue weighted by Gasteiger charge is -2.15. The van der Waals surface area contributed by atoms with E-state index in [-0.39, 0.29) is 0 Å². The number of ether oxygens (including phenoxy) is 1. The third-order valence-electron chi connectivity index (χ3n) is 3.30. The number of anilines is 2. The number of nitrogens with two attached hydrogens (primary N) is 1. The predicted octanol–water partition coefficient (Wildman–Crippen LogP) is 3.68. The molecule has 1 heterocycles. The Balaban J connectivity index is 1.96. The van der Waals surface area contributed by atoms with Gasteiger partial charge in [0.1, 0.15) is 0 Å². The van der Waals surface area contributed by atoms with Gasteiger partial charge in [0.15, 0.2) is 5.75 Å². The highest BCUT2D eigenvalue weighted by Gasteiger charge is 2.07. The molecule has 0 saturated carbocycles. The van der Waals surface area contributed by atoms with Crippen LogP contribution >= 0.6 is 0 Å². The van der Waals surface area contributed by atoms with Gasteiger partial charge in [0.2, 0.25) is 5.88 Å². The molecule has 0 bridgehead atoms. The summed E-state index contributed by atoms with van der Waals surface area (Å²) in [6.45, 7) is 0. The van der Waals surface area contributed by atoms with Crippen LogP contribution in [0.3, 0.4) is 0 Å². The normalized spacial score (nSPS) is 10.6. The van der Waals surface area contributed by atoms with E-state index in [1.54, 1.807) is 0 Å². The summed E-state index contributed by atoms with van der Waals surface area (Å²) in [5, 5.41) is 1.08. The number of pyridine rings is 1. The number of nitrogen functional groups attached to an aromatic ring is 1. The van der Waals surface area contributed by atoms with Gasteiger partial charge in [-0.05, 0) is 24.3 Å². The van der Waals surface area contributed by atoms with Gasteiger partial charge >= 0.3 is 0 Å². The van der Waals surface area contributed by atoms with E-state index < -0.39 is 0 Å². The van der Waals surface area contributed by atoms with Crippen molar-refractivity contribution < 1.29 is 4.74 Å². The van der Waals surface area contributed by atoms with Crippen molar-refractivity contribution in [2.75, 3.05) is 24.7 Å². The first-order valence-electron chi connectivity index (χ1n) is 6.74. The van der Waals surface area contributed by atoms with Gasteiger partial charge in [0, 0.05) is 37.3 Å². The highest BCUT2D eigenvalue weighted by Crippen LogP contribution is 2.31. The van der Waals surface area contributed by atoms with Crippen molar-refractivity contribution in [1.29, 1.82) is 0 Å². The number of benzene rings is 2. The number of aromatic nitrogens is 1. The van der Waals surface area contributed by atoms with Crippen LogP contribution in [0.5, 0.6) is 11.6 Å². The predicted molar refractivity (Wildman–Crippen MR) is 87.0 cm³/mol. The van der Waals surface area contributed by atoms with E-state index in [4.69, 9.17) is 10.5 Å². The first-order valence-corrected chi connectivity index (χ1v) is 6.74. The molecule has 0 atom stereocenters. The maximum atomic E-state index is 5.98. The minimum absolute atomic E-state index is 0.538. The highest BCUT2D eigenvalue weighted by atomic mass is 16.5. The van der Waals surface area contributed by atoms with Crippen LogP contribution in [0.15, 0.2) is 54.6 Å². The van der Waals surface area contributed by atoms with Crippen molar-refractivity contribution in [3.8, 4) is 11.6 Å². The lowest BCUT2D eigenvalue weighted by Crippen LogP contribution is -2.08. The van der Waals surface area contributed by atoms with E-state index in [9.17, 15) is 0 Å². The lowest BCUT2D eigenvalue weighted by molar-refractivity contribution is 0.467. The average Bonchev–Trinajstić information content (AvgIpc) is 2.49. The Kier molecular flexibility index (Phi) is 3.36. The first-order chi connectivity index (χ1) is 10.1. The van der Waals surface area contributed by atoms with Crippen LogP contribution in [0.4, 0.5) is 11.4 Å². The Labute approximate surface area is 123 Å². The second-order valence-corrected chi connectivity index (χ2v) is 5.06. The molecule has 4 nitrogen and oxygen atoms in total. The standard InChI is InChI=1S/C17H17N3O/c1-20(2)13-8-9-14(18)16(11-13)21-17-10-7-12-5-3-4-6-15(12)19-17/h3-11H,18H2,1-2H3. The molecule has 0 saturated heterocycles. The van der Waals surface area contributed by atoms with Crippen molar-refractivity contribution >= 4 is 22.3 Å². The maximum Gasteiger partial charge on any atom is 0.219 e. The third kappa shape index (κ3) is 2.74. The largest absolute Gasteiger partial charge is 0.437 e. The van der Waals surface area contributed by atoms with Crippen LogP contribution < -0.4 is 15.4 Å². The van der Waals surface area contributed by atoms with E-state index in [1.165, 1.54) is 0 Å². The minimum Gasteiger partial charge on any atom is -0.437 e. The molecule has 0 unspecified atom stereocenters. The molecule has 2 aromatic carbocycles. The second kappa shape index (κ2) is 5.32. The summed E-state index contributed by atoms with van der Waals surface area (Å²) in [6.07, 6.45) is 0. The van der Waals surface area contributed by atoms with E-state index in [2.05, 4.69) is 4.98 Å². The van der Waals surface area contributed by atoms with Crippen LogP contribution in [0, 0.1) is 0 Å². The summed E-state index contributed by atoms with van der Waals surface area (Å²) < 4.78 is 5.85. The molecule has 0 amide bonds. The quantitative estimate of drug-likeness (QED) is 0.743. The summed E-state index contributed by atoms with van der Waals surface area (Å²) in [5.41, 5.74) is 8.50. The van der Waals surface area contributed by atoms with Crippen molar-refractivity contribution in [2.45, 2.75) is 0 Å². The van der Waals surface area contributed by atoms with Gasteiger partial charge in [-0.15, -0.1) is 0 Å². The Bertz CT molecular complexity index is 784. The van der Waals surface area contributed by atoms with E-state index in [0.29, 0.717) is 17.3 Å². The Morgan fingerprint density at radius 1 is 1.00 bits per heavy atom. The molecule has 0 radical (unpaired) electrons. The highest BCUT2D eigenvalue weighted by molar-refractivity contribution is 5.79.